The van der Waals surface area contributed by atoms with E-state index in [4.69, 9.17) is 15.2 Å². The lowest BCUT2D eigenvalue weighted by molar-refractivity contribution is 0.0914. The molecule has 1 amide bonds. The van der Waals surface area contributed by atoms with Crippen molar-refractivity contribution >= 4 is 29.7 Å². The van der Waals surface area contributed by atoms with E-state index in [-0.39, 0.29) is 36.5 Å². The number of carbonyl (C=O) groups excluding carboxylic acids is 1. The Morgan fingerprint density at radius 2 is 2.13 bits per heavy atom. The molecule has 0 bridgehead atoms. The SMILES string of the molecule is Cl.NC1CC(NC(=O)c2cnc(Oc3ccc4c(c3)CCC(c3cccnc3)O4)s2)C1. The van der Waals surface area contributed by atoms with E-state index in [1.165, 1.54) is 11.3 Å². The van der Waals surface area contributed by atoms with Crippen LogP contribution in [0, 0.1) is 0 Å². The van der Waals surface area contributed by atoms with Crippen LogP contribution in [0.15, 0.2) is 48.9 Å². The zero-order valence-corrected chi connectivity index (χ0v) is 18.3. The number of carbonyl (C=O) groups is 1. The molecule has 2 aromatic heterocycles. The van der Waals surface area contributed by atoms with Gasteiger partial charge in [-0.1, -0.05) is 17.4 Å². The van der Waals surface area contributed by atoms with Gasteiger partial charge >= 0.3 is 0 Å². The molecule has 0 saturated heterocycles. The highest BCUT2D eigenvalue weighted by molar-refractivity contribution is 7.15. The van der Waals surface area contributed by atoms with E-state index in [0.717, 1.165) is 42.6 Å². The highest BCUT2D eigenvalue weighted by Crippen LogP contribution is 2.37. The second kappa shape index (κ2) is 9.21. The molecule has 162 valence electrons. The van der Waals surface area contributed by atoms with Gasteiger partial charge in [-0.25, -0.2) is 4.98 Å². The summed E-state index contributed by atoms with van der Waals surface area (Å²) in [6, 6.07) is 10.1. The normalized spacial score (nSPS) is 21.6. The maximum atomic E-state index is 12.3. The number of fused-ring (bicyclic) bond motifs is 1. The summed E-state index contributed by atoms with van der Waals surface area (Å²) in [5.41, 5.74) is 7.95. The Hall–Kier alpha value is -2.68. The fraction of sp³-hybridized carbons (Fsp3) is 0.318. The van der Waals surface area contributed by atoms with Crippen LogP contribution in [0.5, 0.6) is 16.7 Å². The number of rotatable bonds is 5. The molecule has 1 saturated carbocycles. The number of hydrogen-bond donors (Lipinski definition) is 2. The van der Waals surface area contributed by atoms with Crippen LogP contribution in [0.25, 0.3) is 0 Å². The van der Waals surface area contributed by atoms with Crippen LogP contribution in [0.1, 0.15) is 46.2 Å². The molecular formula is C22H23ClN4O3S. The summed E-state index contributed by atoms with van der Waals surface area (Å²) in [5.74, 6) is 1.42. The molecule has 9 heteroatoms. The van der Waals surface area contributed by atoms with Gasteiger partial charge in [0.2, 0.25) is 0 Å². The van der Waals surface area contributed by atoms with Crippen LogP contribution < -0.4 is 20.5 Å². The molecule has 3 aromatic rings. The van der Waals surface area contributed by atoms with Crippen LogP contribution in [-0.4, -0.2) is 28.0 Å². The fourth-order valence-electron chi connectivity index (χ4n) is 3.78. The highest BCUT2D eigenvalue weighted by atomic mass is 35.5. The molecule has 1 unspecified atom stereocenters. The lowest BCUT2D eigenvalue weighted by Crippen LogP contribution is -2.50. The molecule has 7 nitrogen and oxygen atoms in total. The number of halogens is 1. The van der Waals surface area contributed by atoms with Crippen LogP contribution in [0.3, 0.4) is 0 Å². The fourth-order valence-corrected chi connectivity index (χ4v) is 4.47. The third-order valence-corrected chi connectivity index (χ3v) is 6.33. The number of aromatic nitrogens is 2. The first-order chi connectivity index (χ1) is 14.6. The Morgan fingerprint density at radius 1 is 1.26 bits per heavy atom. The Morgan fingerprint density at radius 3 is 2.90 bits per heavy atom. The van der Waals surface area contributed by atoms with E-state index < -0.39 is 0 Å². The molecule has 1 aliphatic carbocycles. The van der Waals surface area contributed by atoms with Gasteiger partial charge in [0.1, 0.15) is 22.5 Å². The van der Waals surface area contributed by atoms with Gasteiger partial charge in [0.25, 0.3) is 11.1 Å². The summed E-state index contributed by atoms with van der Waals surface area (Å²) < 4.78 is 12.0. The third kappa shape index (κ3) is 4.81. The second-order valence-electron chi connectivity index (χ2n) is 7.70. The van der Waals surface area contributed by atoms with E-state index >= 15 is 0 Å². The molecule has 31 heavy (non-hydrogen) atoms. The number of nitrogens with two attached hydrogens (primary N) is 1. The summed E-state index contributed by atoms with van der Waals surface area (Å²) in [6.07, 6.45) is 8.61. The first-order valence-electron chi connectivity index (χ1n) is 10.0. The lowest BCUT2D eigenvalue weighted by atomic mass is 9.87. The number of amides is 1. The van der Waals surface area contributed by atoms with Crippen molar-refractivity contribution in [1.29, 1.82) is 0 Å². The van der Waals surface area contributed by atoms with Crippen molar-refractivity contribution in [3.05, 3.63) is 64.9 Å². The monoisotopic (exact) mass is 458 g/mol. The topological polar surface area (TPSA) is 99.4 Å². The molecule has 1 aromatic carbocycles. The second-order valence-corrected chi connectivity index (χ2v) is 8.69. The van der Waals surface area contributed by atoms with Crippen LogP contribution in [-0.2, 0) is 6.42 Å². The molecule has 1 fully saturated rings. The summed E-state index contributed by atoms with van der Waals surface area (Å²) in [6.45, 7) is 0. The summed E-state index contributed by atoms with van der Waals surface area (Å²) in [7, 11) is 0. The van der Waals surface area contributed by atoms with Crippen LogP contribution in [0.4, 0.5) is 0 Å². The number of benzene rings is 1. The summed E-state index contributed by atoms with van der Waals surface area (Å²) in [4.78, 5) is 21.2. The number of ether oxygens (including phenoxy) is 2. The maximum Gasteiger partial charge on any atom is 0.279 e. The van der Waals surface area contributed by atoms with Gasteiger partial charge < -0.3 is 20.5 Å². The van der Waals surface area contributed by atoms with Crippen molar-refractivity contribution in [2.24, 2.45) is 5.73 Å². The Bertz CT molecular complexity index is 1060. The largest absolute Gasteiger partial charge is 0.485 e. The predicted octanol–water partition coefficient (Wildman–Crippen LogP) is 4.04. The molecular weight excluding hydrogens is 436 g/mol. The van der Waals surface area contributed by atoms with Gasteiger partial charge in [-0.2, -0.15) is 0 Å². The van der Waals surface area contributed by atoms with Crippen LogP contribution >= 0.6 is 23.7 Å². The van der Waals surface area contributed by atoms with E-state index in [1.807, 2.05) is 36.5 Å². The minimum atomic E-state index is -0.125. The number of nitrogens with zero attached hydrogens (tertiary/aromatic N) is 2. The Labute approximate surface area is 190 Å². The zero-order chi connectivity index (χ0) is 20.5. The molecule has 3 N–H and O–H groups in total. The summed E-state index contributed by atoms with van der Waals surface area (Å²) >= 11 is 1.23. The minimum Gasteiger partial charge on any atom is -0.485 e. The first kappa shape index (κ1) is 21.5. The molecule has 1 aliphatic heterocycles. The van der Waals surface area contributed by atoms with Gasteiger partial charge in [-0.15, -0.1) is 12.4 Å². The van der Waals surface area contributed by atoms with E-state index in [1.54, 1.807) is 12.4 Å². The maximum absolute atomic E-state index is 12.3. The molecule has 0 radical (unpaired) electrons. The van der Waals surface area contributed by atoms with E-state index in [2.05, 4.69) is 15.3 Å². The standard InChI is InChI=1S/C22H22N4O3S.ClH/c23-15-9-16(10-15)26-21(27)20-12-25-22(30-20)28-17-4-6-18-13(8-17)3-5-19(29-18)14-2-1-7-24-11-14;/h1-2,4,6-8,11-12,15-16,19H,3,5,9-10,23H2,(H,26,27);1H. The molecule has 5 rings (SSSR count). The van der Waals surface area contributed by atoms with Crippen molar-refractivity contribution in [2.75, 3.05) is 0 Å². The number of aryl methyl sites for hydroxylation is 1. The molecule has 3 heterocycles. The van der Waals surface area contributed by atoms with E-state index in [9.17, 15) is 4.79 Å². The van der Waals surface area contributed by atoms with Gasteiger partial charge in [-0.3, -0.25) is 9.78 Å². The Kier molecular flexibility index (Phi) is 6.41. The number of hydrogen-bond acceptors (Lipinski definition) is 7. The molecule has 0 spiro atoms. The predicted molar refractivity (Wildman–Crippen MR) is 120 cm³/mol. The average Bonchev–Trinajstić information content (AvgIpc) is 3.21. The number of pyridine rings is 1. The van der Waals surface area contributed by atoms with Gasteiger partial charge in [0.05, 0.1) is 6.20 Å². The highest BCUT2D eigenvalue weighted by Gasteiger charge is 2.28. The van der Waals surface area contributed by atoms with Crippen molar-refractivity contribution in [3.63, 3.8) is 0 Å². The smallest absolute Gasteiger partial charge is 0.279 e. The quantitative estimate of drug-likeness (QED) is 0.598. The van der Waals surface area contributed by atoms with Gasteiger partial charge in [0.15, 0.2) is 0 Å². The zero-order valence-electron chi connectivity index (χ0n) is 16.7. The average molecular weight is 459 g/mol. The first-order valence-corrected chi connectivity index (χ1v) is 10.9. The molecule has 2 aliphatic rings. The van der Waals surface area contributed by atoms with Crippen molar-refractivity contribution < 1.29 is 14.3 Å². The van der Waals surface area contributed by atoms with Gasteiger partial charge in [-0.05, 0) is 55.5 Å². The van der Waals surface area contributed by atoms with Crippen LogP contribution in [0.2, 0.25) is 0 Å². The minimum absolute atomic E-state index is 0. The van der Waals surface area contributed by atoms with E-state index in [0.29, 0.717) is 15.8 Å². The van der Waals surface area contributed by atoms with Crippen molar-refractivity contribution in [3.8, 4) is 16.7 Å². The molecule has 1 atom stereocenters. The lowest BCUT2D eigenvalue weighted by Gasteiger charge is -2.32. The van der Waals surface area contributed by atoms with Gasteiger partial charge in [0, 0.05) is 30.0 Å². The number of thiazole rings is 1. The third-order valence-electron chi connectivity index (χ3n) is 5.46. The van der Waals surface area contributed by atoms with Crippen molar-refractivity contribution in [1.82, 2.24) is 15.3 Å². The Balaban J connectivity index is 0.00000231. The van der Waals surface area contributed by atoms with Crippen molar-refractivity contribution in [2.45, 2.75) is 43.9 Å². The summed E-state index contributed by atoms with van der Waals surface area (Å²) in [5, 5.41) is 3.41. The number of nitrogens with one attached hydrogen (secondary N) is 1.